The Hall–Kier alpha value is -3.38. The van der Waals surface area contributed by atoms with Crippen molar-refractivity contribution >= 4 is 22.5 Å². The van der Waals surface area contributed by atoms with Crippen LogP contribution >= 0.6 is 0 Å². The molecule has 1 amide bonds. The second kappa shape index (κ2) is 7.80. The van der Waals surface area contributed by atoms with Crippen molar-refractivity contribution in [2.75, 3.05) is 5.32 Å². The minimum Gasteiger partial charge on any atom is -0.446 e. The zero-order valence-electron chi connectivity index (χ0n) is 17.4. The summed E-state index contributed by atoms with van der Waals surface area (Å²) in [4.78, 5) is 20.1. The monoisotopic (exact) mass is 402 g/mol. The Morgan fingerprint density at radius 1 is 1.17 bits per heavy atom. The number of para-hydroxylation sites is 1. The van der Waals surface area contributed by atoms with Crippen molar-refractivity contribution in [3.05, 3.63) is 83.7 Å². The minimum atomic E-state index is -0.447. The minimum absolute atomic E-state index is 0.0600. The van der Waals surface area contributed by atoms with Crippen molar-refractivity contribution in [2.24, 2.45) is 5.73 Å². The van der Waals surface area contributed by atoms with Crippen LogP contribution in [-0.4, -0.2) is 15.9 Å². The first-order valence-electron chi connectivity index (χ1n) is 9.99. The molecule has 30 heavy (non-hydrogen) atoms. The molecule has 0 radical (unpaired) electrons. The van der Waals surface area contributed by atoms with Gasteiger partial charge in [0.05, 0.1) is 6.04 Å². The summed E-state index contributed by atoms with van der Waals surface area (Å²) in [7, 11) is 0. The second-order valence-corrected chi connectivity index (χ2v) is 8.52. The van der Waals surface area contributed by atoms with Gasteiger partial charge < -0.3 is 20.5 Å². The van der Waals surface area contributed by atoms with Gasteiger partial charge in [0.1, 0.15) is 6.26 Å². The van der Waals surface area contributed by atoms with Gasteiger partial charge in [-0.1, -0.05) is 51.1 Å². The molecule has 2 aromatic carbocycles. The quantitative estimate of drug-likeness (QED) is 0.440. The van der Waals surface area contributed by atoms with E-state index in [0.717, 1.165) is 16.5 Å². The fourth-order valence-corrected chi connectivity index (χ4v) is 3.44. The fourth-order valence-electron chi connectivity index (χ4n) is 3.44. The molecule has 0 fully saturated rings. The number of rotatable bonds is 5. The predicted octanol–water partition coefficient (Wildman–Crippen LogP) is 4.95. The van der Waals surface area contributed by atoms with E-state index < -0.39 is 6.04 Å². The highest BCUT2D eigenvalue weighted by Crippen LogP contribution is 2.25. The van der Waals surface area contributed by atoms with E-state index in [2.05, 4.69) is 36.1 Å². The lowest BCUT2D eigenvalue weighted by Gasteiger charge is -2.19. The first-order chi connectivity index (χ1) is 14.3. The van der Waals surface area contributed by atoms with Gasteiger partial charge in [-0.15, -0.1) is 0 Å². The number of nitrogens with two attached hydrogens (primary N) is 1. The van der Waals surface area contributed by atoms with E-state index in [1.165, 1.54) is 11.8 Å². The van der Waals surface area contributed by atoms with Crippen LogP contribution in [0.15, 0.2) is 65.4 Å². The summed E-state index contributed by atoms with van der Waals surface area (Å²) >= 11 is 0. The van der Waals surface area contributed by atoms with Crippen LogP contribution in [0.3, 0.4) is 0 Å². The molecule has 6 nitrogen and oxygen atoms in total. The molecular formula is C24H26N4O2. The Balaban J connectivity index is 1.43. The smallest absolute Gasteiger partial charge is 0.277 e. The first-order valence-corrected chi connectivity index (χ1v) is 9.99. The average molecular weight is 402 g/mol. The van der Waals surface area contributed by atoms with Crippen LogP contribution in [0.2, 0.25) is 0 Å². The Kier molecular flexibility index (Phi) is 5.18. The Labute approximate surface area is 175 Å². The molecule has 0 saturated carbocycles. The fraction of sp³-hybridized carbons (Fsp3) is 0.250. The van der Waals surface area contributed by atoms with Crippen molar-refractivity contribution in [1.29, 1.82) is 0 Å². The van der Waals surface area contributed by atoms with Crippen molar-refractivity contribution < 1.29 is 9.21 Å². The number of H-pyrrole nitrogens is 1. The largest absolute Gasteiger partial charge is 0.446 e. The number of hydrogen-bond donors (Lipinski definition) is 3. The topological polar surface area (TPSA) is 96.9 Å². The molecule has 0 aliphatic rings. The van der Waals surface area contributed by atoms with Gasteiger partial charge in [0.25, 0.3) is 5.91 Å². The Morgan fingerprint density at radius 3 is 2.63 bits per heavy atom. The van der Waals surface area contributed by atoms with Crippen LogP contribution in [-0.2, 0) is 11.8 Å². The van der Waals surface area contributed by atoms with Gasteiger partial charge in [0.15, 0.2) is 5.69 Å². The number of benzene rings is 2. The highest BCUT2D eigenvalue weighted by atomic mass is 16.3. The van der Waals surface area contributed by atoms with Gasteiger partial charge in [0.2, 0.25) is 5.89 Å². The van der Waals surface area contributed by atoms with E-state index in [1.54, 1.807) is 0 Å². The van der Waals surface area contributed by atoms with E-state index in [1.807, 2.05) is 54.7 Å². The molecule has 4 aromatic rings. The summed E-state index contributed by atoms with van der Waals surface area (Å²) in [5.41, 5.74) is 10.6. The van der Waals surface area contributed by atoms with Gasteiger partial charge >= 0.3 is 0 Å². The first kappa shape index (κ1) is 19.9. The summed E-state index contributed by atoms with van der Waals surface area (Å²) in [5, 5.41) is 3.97. The van der Waals surface area contributed by atoms with Crippen LogP contribution in [0.5, 0.6) is 0 Å². The number of hydrogen-bond acceptors (Lipinski definition) is 4. The Morgan fingerprint density at radius 2 is 1.90 bits per heavy atom. The van der Waals surface area contributed by atoms with Gasteiger partial charge in [-0.05, 0) is 41.2 Å². The lowest BCUT2D eigenvalue weighted by atomic mass is 9.87. The van der Waals surface area contributed by atoms with Crippen molar-refractivity contribution in [1.82, 2.24) is 9.97 Å². The number of nitrogens with zero attached hydrogens (tertiary/aromatic N) is 1. The molecule has 1 atom stereocenters. The van der Waals surface area contributed by atoms with Crippen LogP contribution in [0.1, 0.15) is 54.3 Å². The normalized spacial score (nSPS) is 12.8. The third-order valence-electron chi connectivity index (χ3n) is 5.20. The maximum Gasteiger partial charge on any atom is 0.277 e. The zero-order chi connectivity index (χ0) is 21.3. The number of carbonyl (C=O) groups is 1. The van der Waals surface area contributed by atoms with E-state index in [4.69, 9.17) is 10.2 Å². The SMILES string of the molecule is CC(C)(C)c1ccc(NC(=O)c2coc(C(N)Cc3c[nH]c4ccccc34)n2)cc1. The van der Waals surface area contributed by atoms with Gasteiger partial charge in [0, 0.05) is 22.8 Å². The van der Waals surface area contributed by atoms with E-state index in [9.17, 15) is 4.79 Å². The van der Waals surface area contributed by atoms with E-state index >= 15 is 0 Å². The summed E-state index contributed by atoms with van der Waals surface area (Å²) in [6.45, 7) is 6.45. The van der Waals surface area contributed by atoms with Crippen molar-refractivity contribution in [2.45, 2.75) is 38.6 Å². The van der Waals surface area contributed by atoms with Crippen LogP contribution in [0, 0.1) is 0 Å². The third kappa shape index (κ3) is 4.14. The lowest BCUT2D eigenvalue weighted by Crippen LogP contribution is -2.16. The average Bonchev–Trinajstić information content (AvgIpc) is 3.36. The van der Waals surface area contributed by atoms with Crippen LogP contribution < -0.4 is 11.1 Å². The zero-order valence-corrected chi connectivity index (χ0v) is 17.4. The number of aromatic nitrogens is 2. The highest BCUT2D eigenvalue weighted by molar-refractivity contribution is 6.02. The maximum absolute atomic E-state index is 12.5. The van der Waals surface area contributed by atoms with Crippen molar-refractivity contribution in [3.63, 3.8) is 0 Å². The number of fused-ring (bicyclic) bond motifs is 1. The molecule has 0 bridgehead atoms. The molecule has 1 unspecified atom stereocenters. The standard InChI is InChI=1S/C24H26N4O2/c1-24(2,3)16-8-10-17(11-9-16)27-22(29)21-14-30-23(28-21)19(25)12-15-13-26-20-7-5-4-6-18(15)20/h4-11,13-14,19,26H,12,25H2,1-3H3,(H,27,29). The molecule has 4 rings (SSSR count). The summed E-state index contributed by atoms with van der Waals surface area (Å²) in [6.07, 6.45) is 3.85. The number of aromatic amines is 1. The molecule has 2 aromatic heterocycles. The van der Waals surface area contributed by atoms with Crippen molar-refractivity contribution in [3.8, 4) is 0 Å². The molecule has 154 valence electrons. The maximum atomic E-state index is 12.5. The second-order valence-electron chi connectivity index (χ2n) is 8.52. The molecule has 4 N–H and O–H groups in total. The van der Waals surface area contributed by atoms with E-state index in [0.29, 0.717) is 18.0 Å². The Bertz CT molecular complexity index is 1170. The summed E-state index contributed by atoms with van der Waals surface area (Å²) < 4.78 is 5.50. The molecule has 6 heteroatoms. The van der Waals surface area contributed by atoms with Crippen LogP contribution in [0.4, 0.5) is 5.69 Å². The lowest BCUT2D eigenvalue weighted by molar-refractivity contribution is 0.102. The highest BCUT2D eigenvalue weighted by Gasteiger charge is 2.19. The molecule has 0 saturated heterocycles. The number of anilines is 1. The number of oxazole rings is 1. The molecule has 0 aliphatic heterocycles. The number of amides is 1. The summed E-state index contributed by atoms with van der Waals surface area (Å²) in [5.74, 6) is 0.0151. The predicted molar refractivity (Wildman–Crippen MR) is 119 cm³/mol. The van der Waals surface area contributed by atoms with Gasteiger partial charge in [-0.3, -0.25) is 4.79 Å². The van der Waals surface area contributed by atoms with Crippen LogP contribution in [0.25, 0.3) is 10.9 Å². The van der Waals surface area contributed by atoms with E-state index in [-0.39, 0.29) is 17.0 Å². The number of carbonyl (C=O) groups excluding carboxylic acids is 1. The number of nitrogens with one attached hydrogen (secondary N) is 2. The molecule has 2 heterocycles. The third-order valence-corrected chi connectivity index (χ3v) is 5.20. The summed E-state index contributed by atoms with van der Waals surface area (Å²) in [6, 6.07) is 15.4. The molecule has 0 spiro atoms. The van der Waals surface area contributed by atoms with Gasteiger partial charge in [-0.25, -0.2) is 4.98 Å². The molecular weight excluding hydrogens is 376 g/mol. The molecule has 0 aliphatic carbocycles. The van der Waals surface area contributed by atoms with Gasteiger partial charge in [-0.2, -0.15) is 0 Å².